The zero-order valence-electron chi connectivity index (χ0n) is 7.42. The Morgan fingerprint density at radius 2 is 1.71 bits per heavy atom. The van der Waals surface area contributed by atoms with Crippen LogP contribution in [0.25, 0.3) is 11.3 Å². The molecule has 0 saturated carbocycles. The number of aromatic nitrogens is 2. The Labute approximate surface area is 86.5 Å². The molecule has 2 rings (SSSR count). The van der Waals surface area contributed by atoms with E-state index in [1.807, 2.05) is 42.5 Å². The molecule has 0 radical (unpaired) electrons. The van der Waals surface area contributed by atoms with E-state index in [1.54, 1.807) is 0 Å². The monoisotopic (exact) mass is 203 g/mol. The second-order valence-electron chi connectivity index (χ2n) is 2.74. The van der Waals surface area contributed by atoms with Crippen molar-refractivity contribution in [1.82, 2.24) is 10.2 Å². The largest absolute Gasteiger partial charge is 0.272 e. The molecule has 0 fully saturated rings. The molecule has 0 aliphatic rings. The molecule has 0 aliphatic carbocycles. The van der Waals surface area contributed by atoms with Crippen molar-refractivity contribution in [3.8, 4) is 11.3 Å². The topological polar surface area (TPSA) is 51.8 Å². The first-order chi connectivity index (χ1) is 6.90. The fourth-order valence-electron chi connectivity index (χ4n) is 1.15. The van der Waals surface area contributed by atoms with Crippen molar-refractivity contribution < 1.29 is 0 Å². The van der Waals surface area contributed by atoms with E-state index in [1.165, 1.54) is 0 Å². The first-order valence-electron chi connectivity index (χ1n) is 4.16. The Hall–Kier alpha value is -1.39. The molecule has 0 spiro atoms. The molecule has 2 N–H and O–H groups in total. The van der Waals surface area contributed by atoms with Crippen molar-refractivity contribution in [2.75, 3.05) is 0 Å². The minimum Gasteiger partial charge on any atom is -0.272 e. The van der Waals surface area contributed by atoms with Gasteiger partial charge < -0.3 is 0 Å². The van der Waals surface area contributed by atoms with Crippen LogP contribution in [0.3, 0.4) is 0 Å². The van der Waals surface area contributed by atoms with Crippen molar-refractivity contribution in [2.45, 2.75) is 5.03 Å². The van der Waals surface area contributed by atoms with Crippen LogP contribution >= 0.6 is 11.9 Å². The van der Waals surface area contributed by atoms with Crippen LogP contribution in [0.15, 0.2) is 47.5 Å². The Balaban J connectivity index is 2.34. The molecule has 1 aromatic heterocycles. The molecule has 2 aromatic rings. The zero-order chi connectivity index (χ0) is 9.80. The fourth-order valence-corrected chi connectivity index (χ4v) is 1.38. The zero-order valence-corrected chi connectivity index (χ0v) is 8.24. The minimum atomic E-state index is 0.727. The Kier molecular flexibility index (Phi) is 2.76. The average Bonchev–Trinajstić information content (AvgIpc) is 2.30. The SMILES string of the molecule is NSc1ccc(-c2ccccc2)nn1. The lowest BCUT2D eigenvalue weighted by Crippen LogP contribution is -1.90. The summed E-state index contributed by atoms with van der Waals surface area (Å²) >= 11 is 1.10. The lowest BCUT2D eigenvalue weighted by molar-refractivity contribution is 0.936. The molecule has 0 bridgehead atoms. The van der Waals surface area contributed by atoms with Gasteiger partial charge in [-0.15, -0.1) is 10.2 Å². The molecule has 3 nitrogen and oxygen atoms in total. The van der Waals surface area contributed by atoms with Gasteiger partial charge in [0.15, 0.2) is 0 Å². The molecule has 0 atom stereocenters. The van der Waals surface area contributed by atoms with Crippen LogP contribution in [0.2, 0.25) is 0 Å². The van der Waals surface area contributed by atoms with Crippen molar-refractivity contribution >= 4 is 11.9 Å². The molecule has 4 heteroatoms. The van der Waals surface area contributed by atoms with Gasteiger partial charge in [-0.25, -0.2) is 0 Å². The Morgan fingerprint density at radius 1 is 0.929 bits per heavy atom. The summed E-state index contributed by atoms with van der Waals surface area (Å²) < 4.78 is 0. The first-order valence-corrected chi connectivity index (χ1v) is 5.04. The van der Waals surface area contributed by atoms with Crippen LogP contribution in [0.1, 0.15) is 0 Å². The summed E-state index contributed by atoms with van der Waals surface area (Å²) in [6.07, 6.45) is 0. The van der Waals surface area contributed by atoms with E-state index < -0.39 is 0 Å². The molecule has 14 heavy (non-hydrogen) atoms. The normalized spacial score (nSPS) is 10.1. The van der Waals surface area contributed by atoms with E-state index in [0.29, 0.717) is 0 Å². The third-order valence-corrected chi connectivity index (χ3v) is 2.29. The van der Waals surface area contributed by atoms with Gasteiger partial charge in [0, 0.05) is 5.56 Å². The maximum absolute atomic E-state index is 5.35. The molecular weight excluding hydrogens is 194 g/mol. The highest BCUT2D eigenvalue weighted by Gasteiger charge is 1.98. The standard InChI is InChI=1S/C10H9N3S/c11-14-10-7-6-9(12-13-10)8-4-2-1-3-5-8/h1-7H,11H2. The Morgan fingerprint density at radius 3 is 2.29 bits per heavy atom. The lowest BCUT2D eigenvalue weighted by Gasteiger charge is -1.99. The summed E-state index contributed by atoms with van der Waals surface area (Å²) in [6, 6.07) is 13.7. The second kappa shape index (κ2) is 4.21. The summed E-state index contributed by atoms with van der Waals surface area (Å²) in [5.41, 5.74) is 1.93. The summed E-state index contributed by atoms with van der Waals surface area (Å²) in [5, 5.41) is 14.1. The number of benzene rings is 1. The van der Waals surface area contributed by atoms with Crippen molar-refractivity contribution in [1.29, 1.82) is 0 Å². The molecule has 70 valence electrons. The van der Waals surface area contributed by atoms with Gasteiger partial charge in [0.2, 0.25) is 0 Å². The number of hydrogen-bond acceptors (Lipinski definition) is 4. The molecule has 1 aromatic carbocycles. The molecule has 0 aliphatic heterocycles. The van der Waals surface area contributed by atoms with E-state index in [4.69, 9.17) is 5.14 Å². The maximum Gasteiger partial charge on any atom is 0.133 e. The predicted octanol–water partition coefficient (Wildman–Crippen LogP) is 2.11. The highest BCUT2D eigenvalue weighted by atomic mass is 32.2. The predicted molar refractivity (Wildman–Crippen MR) is 57.5 cm³/mol. The fraction of sp³-hybridized carbons (Fsp3) is 0. The van der Waals surface area contributed by atoms with Gasteiger partial charge in [-0.1, -0.05) is 30.3 Å². The number of nitrogens with two attached hydrogens (primary N) is 1. The van der Waals surface area contributed by atoms with Crippen LogP contribution in [0, 0.1) is 0 Å². The van der Waals surface area contributed by atoms with E-state index in [2.05, 4.69) is 10.2 Å². The van der Waals surface area contributed by atoms with E-state index in [-0.39, 0.29) is 0 Å². The van der Waals surface area contributed by atoms with Gasteiger partial charge in [-0.3, -0.25) is 5.14 Å². The van der Waals surface area contributed by atoms with Crippen molar-refractivity contribution in [3.63, 3.8) is 0 Å². The highest BCUT2D eigenvalue weighted by molar-refractivity contribution is 7.97. The van der Waals surface area contributed by atoms with Gasteiger partial charge >= 0.3 is 0 Å². The van der Waals surface area contributed by atoms with Crippen LogP contribution in [-0.4, -0.2) is 10.2 Å². The maximum atomic E-state index is 5.35. The number of hydrogen-bond donors (Lipinski definition) is 1. The minimum absolute atomic E-state index is 0.727. The van der Waals surface area contributed by atoms with E-state index in [0.717, 1.165) is 28.2 Å². The molecule has 0 saturated heterocycles. The molecule has 0 amide bonds. The third-order valence-electron chi connectivity index (χ3n) is 1.83. The van der Waals surface area contributed by atoms with Crippen LogP contribution in [-0.2, 0) is 0 Å². The van der Waals surface area contributed by atoms with Gasteiger partial charge in [0.25, 0.3) is 0 Å². The summed E-state index contributed by atoms with van der Waals surface area (Å²) in [5.74, 6) is 0. The van der Waals surface area contributed by atoms with Crippen LogP contribution in [0.4, 0.5) is 0 Å². The summed E-state index contributed by atoms with van der Waals surface area (Å²) in [4.78, 5) is 0. The number of nitrogens with zero attached hydrogens (tertiary/aromatic N) is 2. The van der Waals surface area contributed by atoms with Crippen molar-refractivity contribution in [3.05, 3.63) is 42.5 Å². The van der Waals surface area contributed by atoms with Gasteiger partial charge in [-0.2, -0.15) is 0 Å². The van der Waals surface area contributed by atoms with Gasteiger partial charge in [0.1, 0.15) is 5.03 Å². The summed E-state index contributed by atoms with van der Waals surface area (Å²) in [6.45, 7) is 0. The Bertz CT molecular complexity index is 399. The summed E-state index contributed by atoms with van der Waals surface area (Å²) in [7, 11) is 0. The van der Waals surface area contributed by atoms with E-state index >= 15 is 0 Å². The second-order valence-corrected chi connectivity index (χ2v) is 3.39. The van der Waals surface area contributed by atoms with Crippen molar-refractivity contribution in [2.24, 2.45) is 5.14 Å². The smallest absolute Gasteiger partial charge is 0.133 e. The molecule has 0 unspecified atom stereocenters. The third kappa shape index (κ3) is 1.92. The quantitative estimate of drug-likeness (QED) is 0.759. The highest BCUT2D eigenvalue weighted by Crippen LogP contribution is 2.16. The van der Waals surface area contributed by atoms with E-state index in [9.17, 15) is 0 Å². The molecular formula is C10H9N3S. The number of rotatable bonds is 2. The average molecular weight is 203 g/mol. The first kappa shape index (κ1) is 9.18. The van der Waals surface area contributed by atoms with Crippen LogP contribution < -0.4 is 5.14 Å². The van der Waals surface area contributed by atoms with Gasteiger partial charge in [0.05, 0.1) is 5.69 Å². The van der Waals surface area contributed by atoms with Crippen LogP contribution in [0.5, 0.6) is 0 Å². The lowest BCUT2D eigenvalue weighted by atomic mass is 10.1. The van der Waals surface area contributed by atoms with Gasteiger partial charge in [-0.05, 0) is 24.1 Å². The molecule has 1 heterocycles.